The number of amides is 1. The number of hydrogen-bond donors (Lipinski definition) is 1. The summed E-state index contributed by atoms with van der Waals surface area (Å²) in [6.07, 6.45) is 0.661. The maximum atomic E-state index is 12.5. The molecule has 1 aliphatic rings. The van der Waals surface area contributed by atoms with Crippen molar-refractivity contribution in [3.05, 3.63) is 53.1 Å². The third-order valence-electron chi connectivity index (χ3n) is 4.63. The van der Waals surface area contributed by atoms with Gasteiger partial charge in [0.15, 0.2) is 0 Å². The summed E-state index contributed by atoms with van der Waals surface area (Å²) in [5.74, 6) is 0.724. The third kappa shape index (κ3) is 4.31. The number of benzene rings is 2. The van der Waals surface area contributed by atoms with Crippen LogP contribution < -0.4 is 14.4 Å². The summed E-state index contributed by atoms with van der Waals surface area (Å²) in [4.78, 5) is 13.5. The number of sulfonamides is 1. The largest absolute Gasteiger partial charge is 0.492 e. The van der Waals surface area contributed by atoms with Crippen molar-refractivity contribution in [3.8, 4) is 5.75 Å². The number of fused-ring (bicyclic) bond motifs is 1. The van der Waals surface area contributed by atoms with Gasteiger partial charge in [-0.15, -0.1) is 0 Å². The van der Waals surface area contributed by atoms with E-state index in [-0.39, 0.29) is 24.0 Å². The molecule has 1 N–H and O–H groups in total. The fourth-order valence-corrected chi connectivity index (χ4v) is 4.22. The van der Waals surface area contributed by atoms with Crippen molar-refractivity contribution in [1.29, 1.82) is 0 Å². The van der Waals surface area contributed by atoms with Crippen LogP contribution in [0, 0.1) is 13.8 Å². The minimum absolute atomic E-state index is 0.0360. The van der Waals surface area contributed by atoms with E-state index in [0.29, 0.717) is 13.0 Å². The zero-order valence-electron chi connectivity index (χ0n) is 15.8. The van der Waals surface area contributed by atoms with Crippen LogP contribution in [0.5, 0.6) is 5.75 Å². The molecule has 27 heavy (non-hydrogen) atoms. The molecule has 0 saturated carbocycles. The standard InChI is InChI=1S/C20H24N2O4S/c1-14-4-5-15(2)20(12-14)26-11-9-21-27(24,25)18-6-7-19-17(13-18)8-10-22(19)16(3)23/h4-7,12-13,21H,8-11H2,1-3H3. The lowest BCUT2D eigenvalue weighted by atomic mass is 10.1. The van der Waals surface area contributed by atoms with Crippen molar-refractivity contribution >= 4 is 21.6 Å². The molecule has 2 aromatic rings. The van der Waals surface area contributed by atoms with Crippen molar-refractivity contribution in [2.24, 2.45) is 0 Å². The highest BCUT2D eigenvalue weighted by Gasteiger charge is 2.24. The van der Waals surface area contributed by atoms with Crippen LogP contribution in [0.25, 0.3) is 0 Å². The first-order valence-electron chi connectivity index (χ1n) is 8.89. The van der Waals surface area contributed by atoms with Gasteiger partial charge < -0.3 is 9.64 Å². The number of anilines is 1. The van der Waals surface area contributed by atoms with Gasteiger partial charge in [0.25, 0.3) is 0 Å². The fourth-order valence-electron chi connectivity index (χ4n) is 3.16. The Balaban J connectivity index is 1.62. The summed E-state index contributed by atoms with van der Waals surface area (Å²) in [5.41, 5.74) is 3.77. The van der Waals surface area contributed by atoms with Crippen LogP contribution in [0.15, 0.2) is 41.3 Å². The predicted octanol–water partition coefficient (Wildman–Crippen LogP) is 2.57. The van der Waals surface area contributed by atoms with Crippen LogP contribution in [0.4, 0.5) is 5.69 Å². The van der Waals surface area contributed by atoms with Crippen molar-refractivity contribution in [2.45, 2.75) is 32.1 Å². The highest BCUT2D eigenvalue weighted by atomic mass is 32.2. The molecule has 0 aromatic heterocycles. The highest BCUT2D eigenvalue weighted by molar-refractivity contribution is 7.89. The van der Waals surface area contributed by atoms with E-state index in [0.717, 1.165) is 28.1 Å². The van der Waals surface area contributed by atoms with Gasteiger partial charge in [0.2, 0.25) is 15.9 Å². The van der Waals surface area contributed by atoms with Crippen molar-refractivity contribution < 1.29 is 17.9 Å². The lowest BCUT2D eigenvalue weighted by molar-refractivity contribution is -0.116. The summed E-state index contributed by atoms with van der Waals surface area (Å²) in [7, 11) is -3.63. The van der Waals surface area contributed by atoms with Crippen LogP contribution >= 0.6 is 0 Å². The molecule has 3 rings (SSSR count). The van der Waals surface area contributed by atoms with E-state index in [4.69, 9.17) is 4.74 Å². The van der Waals surface area contributed by atoms with Gasteiger partial charge in [-0.2, -0.15) is 0 Å². The first kappa shape index (κ1) is 19.4. The normalized spacial score (nSPS) is 13.5. The molecule has 0 radical (unpaired) electrons. The second-order valence-electron chi connectivity index (χ2n) is 6.73. The van der Waals surface area contributed by atoms with Crippen molar-refractivity contribution in [3.63, 3.8) is 0 Å². The minimum Gasteiger partial charge on any atom is -0.492 e. The van der Waals surface area contributed by atoms with E-state index >= 15 is 0 Å². The number of hydrogen-bond acceptors (Lipinski definition) is 4. The van der Waals surface area contributed by atoms with E-state index in [9.17, 15) is 13.2 Å². The molecule has 0 bridgehead atoms. The Morgan fingerprint density at radius 3 is 2.70 bits per heavy atom. The number of aryl methyl sites for hydroxylation is 2. The Morgan fingerprint density at radius 2 is 1.96 bits per heavy atom. The van der Waals surface area contributed by atoms with E-state index in [2.05, 4.69) is 4.72 Å². The number of ether oxygens (including phenoxy) is 1. The van der Waals surface area contributed by atoms with E-state index in [1.54, 1.807) is 17.0 Å². The summed E-state index contributed by atoms with van der Waals surface area (Å²) in [6, 6.07) is 10.8. The molecular weight excluding hydrogens is 364 g/mol. The average molecular weight is 388 g/mol. The molecule has 144 valence electrons. The summed E-state index contributed by atoms with van der Waals surface area (Å²) < 4.78 is 33.3. The zero-order chi connectivity index (χ0) is 19.6. The van der Waals surface area contributed by atoms with E-state index in [1.807, 2.05) is 32.0 Å². The van der Waals surface area contributed by atoms with Crippen LogP contribution in [-0.2, 0) is 21.2 Å². The topological polar surface area (TPSA) is 75.7 Å². The molecule has 6 nitrogen and oxygen atoms in total. The second-order valence-corrected chi connectivity index (χ2v) is 8.49. The first-order chi connectivity index (χ1) is 12.8. The molecule has 1 amide bonds. The number of carbonyl (C=O) groups excluding carboxylic acids is 1. The minimum atomic E-state index is -3.63. The van der Waals surface area contributed by atoms with Crippen molar-refractivity contribution in [2.75, 3.05) is 24.6 Å². The molecule has 0 atom stereocenters. The lowest BCUT2D eigenvalue weighted by Crippen LogP contribution is -2.28. The van der Waals surface area contributed by atoms with Crippen LogP contribution in [-0.4, -0.2) is 34.0 Å². The van der Waals surface area contributed by atoms with E-state index < -0.39 is 10.0 Å². The summed E-state index contributed by atoms with van der Waals surface area (Å²) >= 11 is 0. The smallest absolute Gasteiger partial charge is 0.240 e. The van der Waals surface area contributed by atoms with Gasteiger partial charge in [-0.1, -0.05) is 12.1 Å². The molecule has 0 saturated heterocycles. The average Bonchev–Trinajstić information content (AvgIpc) is 3.05. The SMILES string of the molecule is CC(=O)N1CCc2cc(S(=O)(=O)NCCOc3cc(C)ccc3C)ccc21. The van der Waals surface area contributed by atoms with Crippen LogP contribution in [0.3, 0.4) is 0 Å². The Bertz CT molecular complexity index is 970. The first-order valence-corrected chi connectivity index (χ1v) is 10.4. The van der Waals surface area contributed by atoms with Gasteiger partial charge in [-0.3, -0.25) is 4.79 Å². The molecule has 0 unspecified atom stereocenters. The Morgan fingerprint density at radius 1 is 1.19 bits per heavy atom. The van der Waals surface area contributed by atoms with E-state index in [1.165, 1.54) is 13.0 Å². The lowest BCUT2D eigenvalue weighted by Gasteiger charge is -2.15. The quantitative estimate of drug-likeness (QED) is 0.772. The number of rotatable bonds is 6. The molecule has 2 aromatic carbocycles. The molecule has 0 spiro atoms. The van der Waals surface area contributed by atoms with Gasteiger partial charge in [-0.05, 0) is 61.2 Å². The summed E-state index contributed by atoms with van der Waals surface area (Å²) in [5, 5.41) is 0. The van der Waals surface area contributed by atoms with Gasteiger partial charge in [0.05, 0.1) is 4.90 Å². The Labute approximate surface area is 160 Å². The Kier molecular flexibility index (Phi) is 5.53. The molecule has 0 fully saturated rings. The second kappa shape index (κ2) is 7.70. The molecule has 7 heteroatoms. The van der Waals surface area contributed by atoms with Crippen LogP contribution in [0.1, 0.15) is 23.6 Å². The fraction of sp³-hybridized carbons (Fsp3) is 0.350. The third-order valence-corrected chi connectivity index (χ3v) is 6.09. The van der Waals surface area contributed by atoms with Gasteiger partial charge >= 0.3 is 0 Å². The number of carbonyl (C=O) groups is 1. The Hall–Kier alpha value is -2.38. The zero-order valence-corrected chi connectivity index (χ0v) is 16.6. The van der Waals surface area contributed by atoms with Crippen LogP contribution in [0.2, 0.25) is 0 Å². The number of nitrogens with zero attached hydrogens (tertiary/aromatic N) is 1. The molecule has 0 aliphatic carbocycles. The van der Waals surface area contributed by atoms with Crippen molar-refractivity contribution in [1.82, 2.24) is 4.72 Å². The van der Waals surface area contributed by atoms with Gasteiger partial charge in [0.1, 0.15) is 12.4 Å². The molecule has 1 aliphatic heterocycles. The predicted molar refractivity (Wildman–Crippen MR) is 105 cm³/mol. The molecule has 1 heterocycles. The molecular formula is C20H24N2O4S. The maximum absolute atomic E-state index is 12.5. The van der Waals surface area contributed by atoms with Gasteiger partial charge in [-0.25, -0.2) is 13.1 Å². The highest BCUT2D eigenvalue weighted by Crippen LogP contribution is 2.30. The maximum Gasteiger partial charge on any atom is 0.240 e. The number of nitrogens with one attached hydrogen (secondary N) is 1. The monoisotopic (exact) mass is 388 g/mol. The van der Waals surface area contributed by atoms with Gasteiger partial charge in [0, 0.05) is 25.7 Å². The summed E-state index contributed by atoms with van der Waals surface area (Å²) in [6.45, 7) is 6.45.